The van der Waals surface area contributed by atoms with Gasteiger partial charge < -0.3 is 10.4 Å². The molecule has 1 amide bonds. The van der Waals surface area contributed by atoms with E-state index in [2.05, 4.69) is 0 Å². The molecular weight excluding hydrogens is 377 g/mol. The van der Waals surface area contributed by atoms with E-state index < -0.39 is 71.3 Å². The second kappa shape index (κ2) is 6.44. The summed E-state index contributed by atoms with van der Waals surface area (Å²) in [4.78, 5) is 21.8. The van der Waals surface area contributed by atoms with Crippen LogP contribution in [0, 0.1) is 0 Å². The first-order valence-corrected chi connectivity index (χ1v) is 5.94. The van der Waals surface area contributed by atoms with Gasteiger partial charge in [0.2, 0.25) is 0 Å². The summed E-state index contributed by atoms with van der Waals surface area (Å²) in [6.07, 6.45) is -17.1. The molecular formula is C12H6F9NO3. The van der Waals surface area contributed by atoms with E-state index >= 15 is 0 Å². The average molecular weight is 383 g/mol. The molecule has 0 spiro atoms. The van der Waals surface area contributed by atoms with Gasteiger partial charge in [-0.1, -0.05) is 0 Å². The molecule has 0 saturated heterocycles. The molecule has 0 saturated carbocycles. The summed E-state index contributed by atoms with van der Waals surface area (Å²) >= 11 is 0. The highest BCUT2D eigenvalue weighted by molar-refractivity contribution is 5.97. The van der Waals surface area contributed by atoms with Crippen LogP contribution >= 0.6 is 0 Å². The van der Waals surface area contributed by atoms with Crippen LogP contribution in [-0.2, 0) is 23.3 Å². The lowest BCUT2D eigenvalue weighted by molar-refractivity contribution is -0.163. The first-order valence-electron chi connectivity index (χ1n) is 5.94. The number of carboxylic acids is 1. The van der Waals surface area contributed by atoms with Gasteiger partial charge in [0.05, 0.1) is 22.3 Å². The molecule has 140 valence electrons. The second-order valence-corrected chi connectivity index (χ2v) is 4.51. The monoisotopic (exact) mass is 383 g/mol. The minimum absolute atomic E-state index is 0.608. The van der Waals surface area contributed by atoms with Crippen molar-refractivity contribution in [3.63, 3.8) is 0 Å². The molecule has 0 radical (unpaired) electrons. The number of rotatable bonds is 3. The fourth-order valence-electron chi connectivity index (χ4n) is 1.74. The van der Waals surface area contributed by atoms with Crippen molar-refractivity contribution in [3.8, 4) is 0 Å². The Balaban J connectivity index is 3.70. The Hall–Kier alpha value is -2.47. The van der Waals surface area contributed by atoms with Gasteiger partial charge in [-0.15, -0.1) is 0 Å². The van der Waals surface area contributed by atoms with E-state index in [1.54, 1.807) is 0 Å². The standard InChI is InChI=1S/C12H6F9NO3/c13-10(14,15)5-2-7(12(19,20)21)6(11(16,17)18)1-4(5)9(25)22-3-8(23)24/h1-2H,3H2,(H,22,25)(H,23,24). The molecule has 1 aromatic rings. The van der Waals surface area contributed by atoms with E-state index in [0.29, 0.717) is 0 Å². The molecule has 0 heterocycles. The van der Waals surface area contributed by atoms with Crippen LogP contribution in [0.25, 0.3) is 0 Å². The van der Waals surface area contributed by atoms with Crippen LogP contribution in [0.2, 0.25) is 0 Å². The highest BCUT2D eigenvalue weighted by Crippen LogP contribution is 2.44. The number of carbonyl (C=O) groups is 2. The van der Waals surface area contributed by atoms with Crippen molar-refractivity contribution in [3.05, 3.63) is 34.4 Å². The van der Waals surface area contributed by atoms with Gasteiger partial charge in [-0.2, -0.15) is 39.5 Å². The van der Waals surface area contributed by atoms with Crippen LogP contribution in [0.1, 0.15) is 27.0 Å². The fraction of sp³-hybridized carbons (Fsp3) is 0.333. The van der Waals surface area contributed by atoms with Gasteiger partial charge >= 0.3 is 24.5 Å². The number of carbonyl (C=O) groups excluding carboxylic acids is 1. The third kappa shape index (κ3) is 5.00. The number of hydrogen-bond acceptors (Lipinski definition) is 2. The molecule has 0 aliphatic heterocycles. The molecule has 1 aromatic carbocycles. The van der Waals surface area contributed by atoms with Gasteiger partial charge in [0.1, 0.15) is 6.54 Å². The Morgan fingerprint density at radius 2 is 1.20 bits per heavy atom. The lowest BCUT2D eigenvalue weighted by atomic mass is 9.96. The van der Waals surface area contributed by atoms with Crippen LogP contribution in [0.5, 0.6) is 0 Å². The van der Waals surface area contributed by atoms with Crippen molar-refractivity contribution in [2.24, 2.45) is 0 Å². The van der Waals surface area contributed by atoms with Crippen LogP contribution in [0.3, 0.4) is 0 Å². The largest absolute Gasteiger partial charge is 0.480 e. The van der Waals surface area contributed by atoms with E-state index in [4.69, 9.17) is 5.11 Å². The first-order chi connectivity index (χ1) is 11.0. The topological polar surface area (TPSA) is 66.4 Å². The zero-order valence-electron chi connectivity index (χ0n) is 11.5. The number of carboxylic acid groups (broad SMARTS) is 1. The summed E-state index contributed by atoms with van der Waals surface area (Å²) in [7, 11) is 0. The third-order valence-corrected chi connectivity index (χ3v) is 2.72. The Morgan fingerprint density at radius 3 is 1.56 bits per heavy atom. The molecule has 0 bridgehead atoms. The summed E-state index contributed by atoms with van der Waals surface area (Å²) in [5.41, 5.74) is -9.19. The predicted molar refractivity (Wildman–Crippen MR) is 61.4 cm³/mol. The number of aliphatic carboxylic acids is 1. The van der Waals surface area contributed by atoms with Crippen LogP contribution in [0.15, 0.2) is 12.1 Å². The Bertz CT molecular complexity index is 689. The number of halogens is 9. The highest BCUT2D eigenvalue weighted by atomic mass is 19.4. The third-order valence-electron chi connectivity index (χ3n) is 2.72. The van der Waals surface area contributed by atoms with Gasteiger partial charge in [-0.3, -0.25) is 9.59 Å². The molecule has 1 rings (SSSR count). The maximum absolute atomic E-state index is 12.9. The summed E-state index contributed by atoms with van der Waals surface area (Å²) in [5, 5.41) is 9.67. The highest BCUT2D eigenvalue weighted by Gasteiger charge is 2.47. The van der Waals surface area contributed by atoms with E-state index in [0.717, 1.165) is 0 Å². The summed E-state index contributed by atoms with van der Waals surface area (Å²) < 4.78 is 115. The molecule has 2 N–H and O–H groups in total. The summed E-state index contributed by atoms with van der Waals surface area (Å²) in [6, 6.07) is -1.44. The lowest BCUT2D eigenvalue weighted by Crippen LogP contribution is -2.32. The van der Waals surface area contributed by atoms with E-state index in [1.165, 1.54) is 5.32 Å². The molecule has 13 heteroatoms. The smallest absolute Gasteiger partial charge is 0.417 e. The molecule has 0 aliphatic carbocycles. The van der Waals surface area contributed by atoms with Crippen LogP contribution in [0.4, 0.5) is 39.5 Å². The second-order valence-electron chi connectivity index (χ2n) is 4.51. The van der Waals surface area contributed by atoms with Crippen molar-refractivity contribution in [1.82, 2.24) is 5.32 Å². The number of amides is 1. The maximum Gasteiger partial charge on any atom is 0.417 e. The van der Waals surface area contributed by atoms with E-state index in [1.807, 2.05) is 0 Å². The molecule has 0 aromatic heterocycles. The lowest BCUT2D eigenvalue weighted by Gasteiger charge is -2.20. The van der Waals surface area contributed by atoms with Gasteiger partial charge in [0.25, 0.3) is 5.91 Å². The minimum atomic E-state index is -5.78. The van der Waals surface area contributed by atoms with Crippen molar-refractivity contribution in [2.75, 3.05) is 6.54 Å². The molecule has 0 atom stereocenters. The van der Waals surface area contributed by atoms with Gasteiger partial charge in [-0.05, 0) is 12.1 Å². The first kappa shape index (κ1) is 20.6. The SMILES string of the molecule is O=C(O)CNC(=O)c1cc(C(F)(F)F)c(C(F)(F)F)cc1C(F)(F)F. The van der Waals surface area contributed by atoms with Gasteiger partial charge in [0.15, 0.2) is 0 Å². The van der Waals surface area contributed by atoms with Gasteiger partial charge in [-0.25, -0.2) is 0 Å². The van der Waals surface area contributed by atoms with Crippen molar-refractivity contribution >= 4 is 11.9 Å². The molecule has 0 fully saturated rings. The molecule has 0 unspecified atom stereocenters. The van der Waals surface area contributed by atoms with Crippen LogP contribution in [-0.4, -0.2) is 23.5 Å². The van der Waals surface area contributed by atoms with Gasteiger partial charge in [0, 0.05) is 0 Å². The number of nitrogens with one attached hydrogen (secondary N) is 1. The number of benzene rings is 1. The number of hydrogen-bond donors (Lipinski definition) is 2. The number of alkyl halides is 9. The zero-order valence-corrected chi connectivity index (χ0v) is 11.5. The van der Waals surface area contributed by atoms with Crippen molar-refractivity contribution < 1.29 is 54.2 Å². The Kier molecular flexibility index (Phi) is 5.30. The maximum atomic E-state index is 12.9. The van der Waals surface area contributed by atoms with E-state index in [-0.39, 0.29) is 0 Å². The minimum Gasteiger partial charge on any atom is -0.480 e. The normalized spacial score (nSPS) is 12.8. The predicted octanol–water partition coefficient (Wildman–Crippen LogP) is 3.56. The average Bonchev–Trinajstić information content (AvgIpc) is 2.40. The molecule has 0 aliphatic rings. The Labute approximate surface area is 132 Å². The van der Waals surface area contributed by atoms with E-state index in [9.17, 15) is 49.1 Å². The quantitative estimate of drug-likeness (QED) is 0.785. The zero-order chi connectivity index (χ0) is 19.8. The fourth-order valence-corrected chi connectivity index (χ4v) is 1.74. The molecule has 4 nitrogen and oxygen atoms in total. The molecule has 25 heavy (non-hydrogen) atoms. The Morgan fingerprint density at radius 1 is 0.800 bits per heavy atom. The van der Waals surface area contributed by atoms with Crippen molar-refractivity contribution in [1.29, 1.82) is 0 Å². The summed E-state index contributed by atoms with van der Waals surface area (Å²) in [6.45, 7) is -1.25. The van der Waals surface area contributed by atoms with Crippen LogP contribution < -0.4 is 5.32 Å². The van der Waals surface area contributed by atoms with Crippen molar-refractivity contribution in [2.45, 2.75) is 18.5 Å². The summed E-state index contributed by atoms with van der Waals surface area (Å²) in [5.74, 6) is -3.65.